The molecule has 2 rings (SSSR count). The molecule has 0 radical (unpaired) electrons. The van der Waals surface area contributed by atoms with Gasteiger partial charge in [0.25, 0.3) is 0 Å². The van der Waals surface area contributed by atoms with Crippen molar-refractivity contribution in [3.63, 3.8) is 0 Å². The molecule has 19 heavy (non-hydrogen) atoms. The van der Waals surface area contributed by atoms with Gasteiger partial charge >= 0.3 is 6.03 Å². The number of nitrogens with zero attached hydrogens (tertiary/aromatic N) is 1. The van der Waals surface area contributed by atoms with Crippen LogP contribution < -0.4 is 11.1 Å². The standard InChI is InChI=1S/C14H20FN3O/c15-12-1-3-13(4-2-12)17-14(19)18-9-6-11(5-8-16)7-10-18/h1-4,11H,5-10,16H2,(H,17,19). The molecule has 0 aliphatic carbocycles. The van der Waals surface area contributed by atoms with Gasteiger partial charge in [-0.3, -0.25) is 0 Å². The van der Waals surface area contributed by atoms with E-state index in [1.807, 2.05) is 0 Å². The lowest BCUT2D eigenvalue weighted by Crippen LogP contribution is -2.41. The second-order valence-corrected chi connectivity index (χ2v) is 4.94. The summed E-state index contributed by atoms with van der Waals surface area (Å²) in [7, 11) is 0. The number of carbonyl (C=O) groups excluding carboxylic acids is 1. The molecule has 0 aromatic heterocycles. The quantitative estimate of drug-likeness (QED) is 0.881. The van der Waals surface area contributed by atoms with Crippen molar-refractivity contribution >= 4 is 11.7 Å². The largest absolute Gasteiger partial charge is 0.330 e. The van der Waals surface area contributed by atoms with Crippen LogP contribution in [0.3, 0.4) is 0 Å². The number of likely N-dealkylation sites (tertiary alicyclic amines) is 1. The number of piperidine rings is 1. The Bertz CT molecular complexity index is 413. The Hall–Kier alpha value is -1.62. The van der Waals surface area contributed by atoms with E-state index in [4.69, 9.17) is 5.73 Å². The Morgan fingerprint density at radius 2 is 1.95 bits per heavy atom. The Balaban J connectivity index is 1.83. The van der Waals surface area contributed by atoms with Crippen LogP contribution in [0, 0.1) is 11.7 Å². The zero-order valence-electron chi connectivity index (χ0n) is 10.9. The minimum atomic E-state index is -0.305. The summed E-state index contributed by atoms with van der Waals surface area (Å²) in [4.78, 5) is 13.8. The second kappa shape index (κ2) is 6.52. The maximum Gasteiger partial charge on any atom is 0.321 e. The zero-order chi connectivity index (χ0) is 13.7. The van der Waals surface area contributed by atoms with Crippen LogP contribution in [0.25, 0.3) is 0 Å². The molecule has 0 unspecified atom stereocenters. The van der Waals surface area contributed by atoms with Crippen LogP contribution in [0.2, 0.25) is 0 Å². The summed E-state index contributed by atoms with van der Waals surface area (Å²) in [5, 5.41) is 2.78. The number of benzene rings is 1. The first-order chi connectivity index (χ1) is 9.19. The molecule has 1 aliphatic rings. The number of carbonyl (C=O) groups is 1. The maximum absolute atomic E-state index is 12.8. The van der Waals surface area contributed by atoms with Gasteiger partial charge in [0.1, 0.15) is 5.82 Å². The van der Waals surface area contributed by atoms with E-state index in [9.17, 15) is 9.18 Å². The van der Waals surface area contributed by atoms with Gasteiger partial charge in [-0.2, -0.15) is 0 Å². The molecule has 2 amide bonds. The number of halogens is 1. The normalized spacial score (nSPS) is 16.4. The molecule has 1 aromatic carbocycles. The monoisotopic (exact) mass is 265 g/mol. The van der Waals surface area contributed by atoms with Crippen molar-refractivity contribution in [2.24, 2.45) is 11.7 Å². The molecular weight excluding hydrogens is 245 g/mol. The average molecular weight is 265 g/mol. The molecule has 5 heteroatoms. The predicted molar refractivity (Wildman–Crippen MR) is 73.4 cm³/mol. The number of nitrogens with two attached hydrogens (primary N) is 1. The molecule has 1 saturated heterocycles. The van der Waals surface area contributed by atoms with Crippen molar-refractivity contribution in [2.75, 3.05) is 25.0 Å². The van der Waals surface area contributed by atoms with E-state index in [0.29, 0.717) is 18.2 Å². The lowest BCUT2D eigenvalue weighted by molar-refractivity contribution is 0.180. The number of rotatable bonds is 3. The van der Waals surface area contributed by atoms with Crippen molar-refractivity contribution in [3.8, 4) is 0 Å². The van der Waals surface area contributed by atoms with E-state index in [1.54, 1.807) is 17.0 Å². The molecule has 3 N–H and O–H groups in total. The van der Waals surface area contributed by atoms with Gasteiger partial charge in [-0.15, -0.1) is 0 Å². The maximum atomic E-state index is 12.8. The fourth-order valence-electron chi connectivity index (χ4n) is 2.40. The summed E-state index contributed by atoms with van der Waals surface area (Å²) in [5.41, 5.74) is 6.17. The summed E-state index contributed by atoms with van der Waals surface area (Å²) < 4.78 is 12.8. The Labute approximate surface area is 112 Å². The van der Waals surface area contributed by atoms with E-state index in [1.165, 1.54) is 12.1 Å². The van der Waals surface area contributed by atoms with Crippen molar-refractivity contribution in [3.05, 3.63) is 30.1 Å². The number of hydrogen-bond acceptors (Lipinski definition) is 2. The van der Waals surface area contributed by atoms with Gasteiger partial charge in [0.15, 0.2) is 0 Å². The molecule has 1 heterocycles. The minimum absolute atomic E-state index is 0.113. The third kappa shape index (κ3) is 3.92. The van der Waals surface area contributed by atoms with Crippen LogP contribution >= 0.6 is 0 Å². The number of hydrogen-bond donors (Lipinski definition) is 2. The molecule has 0 bridgehead atoms. The molecular formula is C14H20FN3O. The highest BCUT2D eigenvalue weighted by Gasteiger charge is 2.22. The molecule has 0 atom stereocenters. The number of nitrogens with one attached hydrogen (secondary N) is 1. The van der Waals surface area contributed by atoms with Crippen molar-refractivity contribution in [1.29, 1.82) is 0 Å². The summed E-state index contributed by atoms with van der Waals surface area (Å²) >= 11 is 0. The van der Waals surface area contributed by atoms with Crippen LogP contribution in [0.15, 0.2) is 24.3 Å². The van der Waals surface area contributed by atoms with E-state index < -0.39 is 0 Å². The summed E-state index contributed by atoms with van der Waals surface area (Å²) in [5.74, 6) is 0.334. The van der Waals surface area contributed by atoms with Gasteiger partial charge in [0, 0.05) is 18.8 Å². The van der Waals surface area contributed by atoms with Gasteiger partial charge in [0.05, 0.1) is 0 Å². The van der Waals surface area contributed by atoms with E-state index in [2.05, 4.69) is 5.32 Å². The third-order valence-corrected chi connectivity index (χ3v) is 3.57. The minimum Gasteiger partial charge on any atom is -0.330 e. The highest BCUT2D eigenvalue weighted by Crippen LogP contribution is 2.20. The molecule has 0 spiro atoms. The zero-order valence-corrected chi connectivity index (χ0v) is 10.9. The summed E-state index contributed by atoms with van der Waals surface area (Å²) in [6.07, 6.45) is 3.05. The number of urea groups is 1. The second-order valence-electron chi connectivity index (χ2n) is 4.94. The Morgan fingerprint density at radius 3 is 2.53 bits per heavy atom. The predicted octanol–water partition coefficient (Wildman–Crippen LogP) is 2.42. The topological polar surface area (TPSA) is 58.4 Å². The smallest absolute Gasteiger partial charge is 0.321 e. The average Bonchev–Trinajstić information content (AvgIpc) is 2.42. The van der Waals surface area contributed by atoms with Crippen molar-refractivity contribution in [1.82, 2.24) is 4.90 Å². The molecule has 1 fully saturated rings. The van der Waals surface area contributed by atoms with Gasteiger partial charge in [-0.1, -0.05) is 0 Å². The molecule has 1 aliphatic heterocycles. The molecule has 104 valence electrons. The van der Waals surface area contributed by atoms with Crippen LogP contribution in [0.1, 0.15) is 19.3 Å². The van der Waals surface area contributed by atoms with E-state index >= 15 is 0 Å². The summed E-state index contributed by atoms with van der Waals surface area (Å²) in [6, 6.07) is 5.69. The van der Waals surface area contributed by atoms with E-state index in [-0.39, 0.29) is 11.8 Å². The lowest BCUT2D eigenvalue weighted by atomic mass is 9.94. The van der Waals surface area contributed by atoms with Crippen LogP contribution in [-0.4, -0.2) is 30.6 Å². The van der Waals surface area contributed by atoms with Gasteiger partial charge in [-0.05, 0) is 56.0 Å². The number of anilines is 1. The summed E-state index contributed by atoms with van der Waals surface area (Å²) in [6.45, 7) is 2.24. The SMILES string of the molecule is NCCC1CCN(C(=O)Nc2ccc(F)cc2)CC1. The molecule has 4 nitrogen and oxygen atoms in total. The first-order valence-electron chi connectivity index (χ1n) is 6.70. The first kappa shape index (κ1) is 13.8. The van der Waals surface area contributed by atoms with Crippen LogP contribution in [0.4, 0.5) is 14.9 Å². The first-order valence-corrected chi connectivity index (χ1v) is 6.70. The molecule has 0 saturated carbocycles. The van der Waals surface area contributed by atoms with Crippen molar-refractivity contribution in [2.45, 2.75) is 19.3 Å². The van der Waals surface area contributed by atoms with Gasteiger partial charge in [0.2, 0.25) is 0 Å². The van der Waals surface area contributed by atoms with Gasteiger partial charge in [-0.25, -0.2) is 9.18 Å². The Morgan fingerprint density at radius 1 is 1.32 bits per heavy atom. The molecule has 1 aromatic rings. The van der Waals surface area contributed by atoms with Gasteiger partial charge < -0.3 is 16.0 Å². The fourth-order valence-corrected chi connectivity index (χ4v) is 2.40. The Kier molecular flexibility index (Phi) is 4.74. The third-order valence-electron chi connectivity index (χ3n) is 3.57. The number of amides is 2. The lowest BCUT2D eigenvalue weighted by Gasteiger charge is -2.31. The van der Waals surface area contributed by atoms with Crippen LogP contribution in [0.5, 0.6) is 0 Å². The highest BCUT2D eigenvalue weighted by molar-refractivity contribution is 5.89. The van der Waals surface area contributed by atoms with Crippen molar-refractivity contribution < 1.29 is 9.18 Å². The van der Waals surface area contributed by atoms with Crippen LogP contribution in [-0.2, 0) is 0 Å². The van der Waals surface area contributed by atoms with E-state index in [0.717, 1.165) is 32.4 Å². The highest BCUT2D eigenvalue weighted by atomic mass is 19.1. The fraction of sp³-hybridized carbons (Fsp3) is 0.500.